The number of benzene rings is 1. The van der Waals surface area contributed by atoms with Crippen LogP contribution in [0.2, 0.25) is 0 Å². The summed E-state index contributed by atoms with van der Waals surface area (Å²) in [6.07, 6.45) is 2.13. The minimum Gasteiger partial charge on any atom is -0.397 e. The van der Waals surface area contributed by atoms with Crippen molar-refractivity contribution in [3.8, 4) is 0 Å². The first-order chi connectivity index (χ1) is 7.65. The molecule has 3 heteroatoms. The molecule has 0 saturated carbocycles. The van der Waals surface area contributed by atoms with Crippen molar-refractivity contribution in [1.82, 2.24) is 4.57 Å². The molecule has 2 N–H and O–H groups in total. The molecule has 0 atom stereocenters. The lowest BCUT2D eigenvalue weighted by atomic mass is 10.2. The van der Waals surface area contributed by atoms with Crippen molar-refractivity contribution in [3.63, 3.8) is 0 Å². The number of nitrogens with two attached hydrogens (primary N) is 1. The summed E-state index contributed by atoms with van der Waals surface area (Å²) in [4.78, 5) is 0. The van der Waals surface area contributed by atoms with Crippen molar-refractivity contribution in [3.05, 3.63) is 30.0 Å². The highest BCUT2D eigenvalue weighted by atomic mass is 32.2. The summed E-state index contributed by atoms with van der Waals surface area (Å²) < 4.78 is 2.35. The summed E-state index contributed by atoms with van der Waals surface area (Å²) in [7, 11) is 0. The van der Waals surface area contributed by atoms with Crippen LogP contribution in [0, 0.1) is 0 Å². The average Bonchev–Trinajstić information content (AvgIpc) is 2.58. The highest BCUT2D eigenvalue weighted by molar-refractivity contribution is 7.97. The molecule has 1 aromatic heterocycles. The fourth-order valence-electron chi connectivity index (χ4n) is 2.22. The smallest absolute Gasteiger partial charge is 0.0718 e. The van der Waals surface area contributed by atoms with Crippen molar-refractivity contribution in [2.45, 2.75) is 25.6 Å². The summed E-state index contributed by atoms with van der Waals surface area (Å²) in [5.74, 6) is 1.03. The zero-order chi connectivity index (χ0) is 11.7. The maximum Gasteiger partial charge on any atom is 0.0718 e. The summed E-state index contributed by atoms with van der Waals surface area (Å²) in [6, 6.07) is 8.83. The zero-order valence-corrected chi connectivity index (χ0v) is 10.8. The maximum absolute atomic E-state index is 6.08. The van der Waals surface area contributed by atoms with Crippen molar-refractivity contribution >= 4 is 28.4 Å². The Labute approximate surface area is 101 Å². The maximum atomic E-state index is 6.08. The number of fused-ring (bicyclic) bond motifs is 1. The lowest BCUT2D eigenvalue weighted by Crippen LogP contribution is -2.05. The van der Waals surface area contributed by atoms with Gasteiger partial charge in [0.05, 0.1) is 11.2 Å². The van der Waals surface area contributed by atoms with Crippen LogP contribution in [-0.4, -0.2) is 10.8 Å². The van der Waals surface area contributed by atoms with E-state index in [1.54, 1.807) is 0 Å². The third-order valence-corrected chi connectivity index (χ3v) is 3.36. The molecule has 0 aliphatic carbocycles. The standard InChI is InChI=1S/C13H18N2S/c1-9(2)15-11(8-16-3)7-10-5-4-6-12(14)13(10)15/h4-7,9H,8,14H2,1-3H3. The number of aromatic nitrogens is 1. The summed E-state index contributed by atoms with van der Waals surface area (Å²) >= 11 is 1.85. The fraction of sp³-hybridized carbons (Fsp3) is 0.385. The van der Waals surface area contributed by atoms with E-state index < -0.39 is 0 Å². The molecule has 0 spiro atoms. The molecule has 0 amide bonds. The van der Waals surface area contributed by atoms with Gasteiger partial charge in [0.25, 0.3) is 0 Å². The minimum absolute atomic E-state index is 0.448. The van der Waals surface area contributed by atoms with Crippen molar-refractivity contribution in [1.29, 1.82) is 0 Å². The first kappa shape index (κ1) is 11.4. The largest absolute Gasteiger partial charge is 0.397 e. The second kappa shape index (κ2) is 4.42. The van der Waals surface area contributed by atoms with Gasteiger partial charge in [-0.3, -0.25) is 0 Å². The van der Waals surface area contributed by atoms with Gasteiger partial charge >= 0.3 is 0 Å². The van der Waals surface area contributed by atoms with E-state index in [0.717, 1.165) is 11.4 Å². The summed E-state index contributed by atoms with van der Waals surface area (Å²) in [6.45, 7) is 4.41. The predicted molar refractivity (Wildman–Crippen MR) is 74.0 cm³/mol. The van der Waals surface area contributed by atoms with Gasteiger partial charge < -0.3 is 10.3 Å². The molecule has 2 nitrogen and oxygen atoms in total. The second-order valence-corrected chi connectivity index (χ2v) is 5.18. The average molecular weight is 234 g/mol. The molecule has 0 aliphatic heterocycles. The molecule has 16 heavy (non-hydrogen) atoms. The van der Waals surface area contributed by atoms with Crippen LogP contribution in [0.1, 0.15) is 25.6 Å². The Hall–Kier alpha value is -1.09. The molecule has 0 bridgehead atoms. The Kier molecular flexibility index (Phi) is 3.15. The number of nitrogens with zero attached hydrogens (tertiary/aromatic N) is 1. The first-order valence-corrected chi connectivity index (χ1v) is 6.91. The number of hydrogen-bond acceptors (Lipinski definition) is 2. The summed E-state index contributed by atoms with van der Waals surface area (Å²) in [5, 5.41) is 1.25. The Bertz CT molecular complexity index is 500. The quantitative estimate of drug-likeness (QED) is 0.821. The van der Waals surface area contributed by atoms with Gasteiger partial charge in [-0.1, -0.05) is 12.1 Å². The lowest BCUT2D eigenvalue weighted by Gasteiger charge is -2.15. The van der Waals surface area contributed by atoms with Gasteiger partial charge in [-0.15, -0.1) is 0 Å². The molecule has 0 fully saturated rings. The highest BCUT2D eigenvalue weighted by Crippen LogP contribution is 2.29. The molecule has 0 unspecified atom stereocenters. The molecule has 86 valence electrons. The van der Waals surface area contributed by atoms with E-state index in [2.05, 4.69) is 36.8 Å². The first-order valence-electron chi connectivity index (χ1n) is 5.52. The lowest BCUT2D eigenvalue weighted by molar-refractivity contribution is 0.606. The molecule has 2 rings (SSSR count). The van der Waals surface area contributed by atoms with Gasteiger partial charge in [-0.05, 0) is 32.2 Å². The van der Waals surface area contributed by atoms with Crippen LogP contribution in [0.25, 0.3) is 10.9 Å². The van der Waals surface area contributed by atoms with Gasteiger partial charge in [0, 0.05) is 22.9 Å². The van der Waals surface area contributed by atoms with E-state index in [1.807, 2.05) is 23.9 Å². The van der Waals surface area contributed by atoms with Crippen LogP contribution in [0.15, 0.2) is 24.3 Å². The second-order valence-electron chi connectivity index (χ2n) is 4.32. The molecule has 0 aliphatic rings. The normalized spacial score (nSPS) is 11.5. The van der Waals surface area contributed by atoms with E-state index in [1.165, 1.54) is 16.6 Å². The van der Waals surface area contributed by atoms with Gasteiger partial charge in [0.2, 0.25) is 0 Å². The molecule has 1 heterocycles. The molecule has 0 saturated heterocycles. The third kappa shape index (κ3) is 1.80. The Balaban J connectivity index is 2.72. The number of thioether (sulfide) groups is 1. The Morgan fingerprint density at radius 1 is 1.38 bits per heavy atom. The van der Waals surface area contributed by atoms with E-state index in [0.29, 0.717) is 6.04 Å². The molecule has 1 aromatic carbocycles. The summed E-state index contributed by atoms with van der Waals surface area (Å²) in [5.41, 5.74) is 9.49. The number of hydrogen-bond donors (Lipinski definition) is 1. The van der Waals surface area contributed by atoms with Crippen molar-refractivity contribution < 1.29 is 0 Å². The van der Waals surface area contributed by atoms with E-state index in [9.17, 15) is 0 Å². The zero-order valence-electron chi connectivity index (χ0n) is 10.0. The van der Waals surface area contributed by atoms with Crippen LogP contribution < -0.4 is 5.73 Å². The number of nitrogen functional groups attached to an aromatic ring is 1. The van der Waals surface area contributed by atoms with Crippen molar-refractivity contribution in [2.24, 2.45) is 0 Å². The van der Waals surface area contributed by atoms with Gasteiger partial charge in [0.1, 0.15) is 0 Å². The topological polar surface area (TPSA) is 30.9 Å². The minimum atomic E-state index is 0.448. The Morgan fingerprint density at radius 3 is 2.75 bits per heavy atom. The highest BCUT2D eigenvalue weighted by Gasteiger charge is 2.12. The number of anilines is 1. The predicted octanol–water partition coefficient (Wildman–Crippen LogP) is 3.67. The SMILES string of the molecule is CSCc1cc2cccc(N)c2n1C(C)C. The third-order valence-electron chi connectivity index (χ3n) is 2.78. The molecular weight excluding hydrogens is 216 g/mol. The van der Waals surface area contributed by atoms with Gasteiger partial charge in [-0.25, -0.2) is 0 Å². The number of rotatable bonds is 3. The molecule has 2 aromatic rings. The van der Waals surface area contributed by atoms with E-state index in [-0.39, 0.29) is 0 Å². The molecule has 0 radical (unpaired) electrons. The molecular formula is C13H18N2S. The van der Waals surface area contributed by atoms with Crippen molar-refractivity contribution in [2.75, 3.05) is 12.0 Å². The fourth-order valence-corrected chi connectivity index (χ4v) is 2.73. The monoisotopic (exact) mass is 234 g/mol. The number of para-hydroxylation sites is 1. The van der Waals surface area contributed by atoms with Crippen LogP contribution in [0.3, 0.4) is 0 Å². The van der Waals surface area contributed by atoms with E-state index in [4.69, 9.17) is 5.73 Å². The van der Waals surface area contributed by atoms with E-state index >= 15 is 0 Å². The van der Waals surface area contributed by atoms with Gasteiger partial charge in [-0.2, -0.15) is 11.8 Å². The van der Waals surface area contributed by atoms with Crippen LogP contribution >= 0.6 is 11.8 Å². The van der Waals surface area contributed by atoms with Crippen LogP contribution in [-0.2, 0) is 5.75 Å². The van der Waals surface area contributed by atoms with Crippen LogP contribution in [0.4, 0.5) is 5.69 Å². The Morgan fingerprint density at radius 2 is 2.12 bits per heavy atom. The van der Waals surface area contributed by atoms with Gasteiger partial charge in [0.15, 0.2) is 0 Å². The van der Waals surface area contributed by atoms with Crippen LogP contribution in [0.5, 0.6) is 0 Å².